The van der Waals surface area contributed by atoms with Crippen LogP contribution in [0.25, 0.3) is 0 Å². The van der Waals surface area contributed by atoms with E-state index in [0.29, 0.717) is 23.5 Å². The maximum atomic E-state index is 12.1. The van der Waals surface area contributed by atoms with Gasteiger partial charge in [-0.3, -0.25) is 9.69 Å². The van der Waals surface area contributed by atoms with Crippen LogP contribution in [0.1, 0.15) is 0 Å². The van der Waals surface area contributed by atoms with Crippen molar-refractivity contribution in [3.8, 4) is 11.5 Å². The molecule has 1 aromatic rings. The zero-order valence-electron chi connectivity index (χ0n) is 13.9. The molecule has 0 aromatic heterocycles. The first-order chi connectivity index (χ1) is 11.6. The van der Waals surface area contributed by atoms with E-state index in [1.165, 1.54) is 4.90 Å². The first-order valence-corrected chi connectivity index (χ1v) is 8.29. The largest absolute Gasteiger partial charge is 0.492 e. The van der Waals surface area contributed by atoms with Crippen molar-refractivity contribution in [2.45, 2.75) is 6.04 Å². The zero-order chi connectivity index (χ0) is 16.7. The van der Waals surface area contributed by atoms with Gasteiger partial charge in [0.1, 0.15) is 30.8 Å². The SMILES string of the molecule is CN1C(=O)[C@@H](N)COc2ccc(OCCN3CC4(COC4)C3)cc21. The van der Waals surface area contributed by atoms with E-state index in [2.05, 4.69) is 4.90 Å². The van der Waals surface area contributed by atoms with Gasteiger partial charge in [0, 0.05) is 38.2 Å². The summed E-state index contributed by atoms with van der Waals surface area (Å²) in [7, 11) is 1.71. The number of hydrogen-bond acceptors (Lipinski definition) is 6. The lowest BCUT2D eigenvalue weighted by atomic mass is 9.78. The van der Waals surface area contributed by atoms with Crippen LogP contribution in [0.2, 0.25) is 0 Å². The number of hydrogen-bond donors (Lipinski definition) is 1. The second-order valence-corrected chi connectivity index (χ2v) is 7.00. The van der Waals surface area contributed by atoms with Crippen LogP contribution in [0.3, 0.4) is 0 Å². The Bertz CT molecular complexity index is 639. The lowest BCUT2D eigenvalue weighted by molar-refractivity contribution is -0.189. The normalized spacial score (nSPS) is 25.3. The summed E-state index contributed by atoms with van der Waals surface area (Å²) in [4.78, 5) is 16.0. The molecule has 2 N–H and O–H groups in total. The van der Waals surface area contributed by atoms with Crippen molar-refractivity contribution in [1.29, 1.82) is 0 Å². The van der Waals surface area contributed by atoms with Crippen molar-refractivity contribution in [3.05, 3.63) is 18.2 Å². The molecule has 0 saturated carbocycles. The fourth-order valence-corrected chi connectivity index (χ4v) is 3.52. The van der Waals surface area contributed by atoms with Crippen molar-refractivity contribution in [1.82, 2.24) is 4.90 Å². The number of nitrogens with two attached hydrogens (primary N) is 1. The summed E-state index contributed by atoms with van der Waals surface area (Å²) in [6.45, 7) is 5.71. The number of benzene rings is 1. The molecule has 0 unspecified atom stereocenters. The molecule has 1 spiro atoms. The molecule has 0 radical (unpaired) electrons. The summed E-state index contributed by atoms with van der Waals surface area (Å²) < 4.78 is 16.7. The summed E-state index contributed by atoms with van der Waals surface area (Å²) in [6, 6.07) is 4.89. The minimum atomic E-state index is -0.638. The van der Waals surface area contributed by atoms with Gasteiger partial charge in [-0.1, -0.05) is 0 Å². The fraction of sp³-hybridized carbons (Fsp3) is 0.588. The average Bonchev–Trinajstić information content (AvgIpc) is 2.61. The molecule has 24 heavy (non-hydrogen) atoms. The molecule has 3 heterocycles. The van der Waals surface area contributed by atoms with Crippen molar-refractivity contribution in [2.75, 3.05) is 58.0 Å². The van der Waals surface area contributed by atoms with Gasteiger partial charge in [0.25, 0.3) is 0 Å². The Balaban J connectivity index is 1.34. The van der Waals surface area contributed by atoms with Crippen LogP contribution < -0.4 is 20.1 Å². The summed E-state index contributed by atoms with van der Waals surface area (Å²) in [5.41, 5.74) is 6.93. The third kappa shape index (κ3) is 2.72. The molecule has 3 aliphatic rings. The Morgan fingerprint density at radius 1 is 1.38 bits per heavy atom. The van der Waals surface area contributed by atoms with Crippen molar-refractivity contribution >= 4 is 11.6 Å². The third-order valence-corrected chi connectivity index (χ3v) is 4.97. The first-order valence-electron chi connectivity index (χ1n) is 8.29. The molecule has 7 nitrogen and oxygen atoms in total. The first kappa shape index (κ1) is 15.7. The minimum absolute atomic E-state index is 0.153. The Hall–Kier alpha value is -1.83. The molecule has 1 atom stereocenters. The quantitative estimate of drug-likeness (QED) is 0.841. The maximum Gasteiger partial charge on any atom is 0.247 e. The van der Waals surface area contributed by atoms with Gasteiger partial charge in [-0.05, 0) is 12.1 Å². The van der Waals surface area contributed by atoms with Crippen molar-refractivity contribution in [3.63, 3.8) is 0 Å². The number of carbonyl (C=O) groups is 1. The van der Waals surface area contributed by atoms with E-state index in [1.54, 1.807) is 7.05 Å². The summed E-state index contributed by atoms with van der Waals surface area (Å²) in [5.74, 6) is 1.23. The Morgan fingerprint density at radius 2 is 2.17 bits per heavy atom. The average molecular weight is 333 g/mol. The molecular formula is C17H23N3O4. The van der Waals surface area contributed by atoms with E-state index in [1.807, 2.05) is 18.2 Å². The molecule has 1 amide bonds. The number of ether oxygens (including phenoxy) is 3. The molecule has 0 bridgehead atoms. The maximum absolute atomic E-state index is 12.1. The monoisotopic (exact) mass is 333 g/mol. The number of nitrogens with zero attached hydrogens (tertiary/aromatic N) is 2. The van der Waals surface area contributed by atoms with Crippen LogP contribution in [0.5, 0.6) is 11.5 Å². The van der Waals surface area contributed by atoms with E-state index in [0.717, 1.165) is 38.6 Å². The van der Waals surface area contributed by atoms with E-state index in [-0.39, 0.29) is 12.5 Å². The van der Waals surface area contributed by atoms with Crippen molar-refractivity contribution in [2.24, 2.45) is 11.1 Å². The molecule has 2 fully saturated rings. The van der Waals surface area contributed by atoms with Gasteiger partial charge in [0.15, 0.2) is 0 Å². The summed E-state index contributed by atoms with van der Waals surface area (Å²) in [5, 5.41) is 0. The lowest BCUT2D eigenvalue weighted by Crippen LogP contribution is -2.66. The van der Waals surface area contributed by atoms with Crippen LogP contribution in [-0.2, 0) is 9.53 Å². The van der Waals surface area contributed by atoms with Crippen LogP contribution >= 0.6 is 0 Å². The predicted molar refractivity (Wildman–Crippen MR) is 88.5 cm³/mol. The van der Waals surface area contributed by atoms with Crippen molar-refractivity contribution < 1.29 is 19.0 Å². The standard InChI is InChI=1S/C17H23N3O4/c1-19-14-6-12(2-3-15(14)24-7-13(18)16(19)21)23-5-4-20-8-17(9-20)10-22-11-17/h2-3,6,13H,4-5,7-11,18H2,1H3/t13-/m0/s1. The van der Waals surface area contributed by atoms with E-state index in [4.69, 9.17) is 19.9 Å². The number of anilines is 1. The van der Waals surface area contributed by atoms with Gasteiger partial charge in [0.05, 0.1) is 18.9 Å². The lowest BCUT2D eigenvalue weighted by Gasteiger charge is -2.55. The van der Waals surface area contributed by atoms with Gasteiger partial charge in [-0.2, -0.15) is 0 Å². The zero-order valence-corrected chi connectivity index (χ0v) is 13.9. The topological polar surface area (TPSA) is 77.3 Å². The van der Waals surface area contributed by atoms with Crippen LogP contribution in [-0.4, -0.2) is 70.0 Å². The molecule has 3 aliphatic heterocycles. The highest BCUT2D eigenvalue weighted by Crippen LogP contribution is 2.37. The van der Waals surface area contributed by atoms with Crippen LogP contribution in [0.4, 0.5) is 5.69 Å². The number of rotatable bonds is 4. The highest BCUT2D eigenvalue weighted by molar-refractivity contribution is 5.98. The van der Waals surface area contributed by atoms with Gasteiger partial charge < -0.3 is 24.8 Å². The van der Waals surface area contributed by atoms with Gasteiger partial charge in [0.2, 0.25) is 5.91 Å². The molecule has 130 valence electrons. The van der Waals surface area contributed by atoms with E-state index >= 15 is 0 Å². The number of likely N-dealkylation sites (N-methyl/N-ethyl adjacent to an activating group) is 1. The summed E-state index contributed by atoms with van der Waals surface area (Å²) in [6.07, 6.45) is 0. The third-order valence-electron chi connectivity index (χ3n) is 4.97. The Kier molecular flexibility index (Phi) is 3.86. The fourth-order valence-electron chi connectivity index (χ4n) is 3.52. The number of carbonyl (C=O) groups excluding carboxylic acids is 1. The molecule has 0 aliphatic carbocycles. The van der Waals surface area contributed by atoms with Gasteiger partial charge in [-0.15, -0.1) is 0 Å². The highest BCUT2D eigenvalue weighted by atomic mass is 16.5. The highest BCUT2D eigenvalue weighted by Gasteiger charge is 2.48. The molecule has 4 rings (SSSR count). The summed E-state index contributed by atoms with van der Waals surface area (Å²) >= 11 is 0. The number of likely N-dealkylation sites (tertiary alicyclic amines) is 1. The molecule has 1 aromatic carbocycles. The Morgan fingerprint density at radius 3 is 2.88 bits per heavy atom. The number of amides is 1. The predicted octanol–water partition coefficient (Wildman–Crippen LogP) is 0.0801. The van der Waals surface area contributed by atoms with E-state index in [9.17, 15) is 4.79 Å². The van der Waals surface area contributed by atoms with Crippen LogP contribution in [0, 0.1) is 5.41 Å². The molecule has 2 saturated heterocycles. The van der Waals surface area contributed by atoms with Crippen LogP contribution in [0.15, 0.2) is 18.2 Å². The molecule has 7 heteroatoms. The smallest absolute Gasteiger partial charge is 0.247 e. The van der Waals surface area contributed by atoms with E-state index < -0.39 is 6.04 Å². The number of fused-ring (bicyclic) bond motifs is 1. The van der Waals surface area contributed by atoms with Gasteiger partial charge in [-0.25, -0.2) is 0 Å². The second kappa shape index (κ2) is 5.91. The minimum Gasteiger partial charge on any atom is -0.492 e. The van der Waals surface area contributed by atoms with Gasteiger partial charge >= 0.3 is 0 Å². The Labute approximate surface area is 141 Å². The molecular weight excluding hydrogens is 310 g/mol. The second-order valence-electron chi connectivity index (χ2n) is 7.00.